The van der Waals surface area contributed by atoms with Gasteiger partial charge in [0.25, 0.3) is 0 Å². The molecule has 0 heterocycles. The Hall–Kier alpha value is -0.870. The van der Waals surface area contributed by atoms with Gasteiger partial charge < -0.3 is 0 Å². The van der Waals surface area contributed by atoms with Gasteiger partial charge in [-0.3, -0.25) is 0 Å². The summed E-state index contributed by atoms with van der Waals surface area (Å²) in [6.07, 6.45) is 2.58. The minimum Gasteiger partial charge on any atom is -0.175 e. The minimum absolute atomic E-state index is 0.674. The van der Waals surface area contributed by atoms with Crippen molar-refractivity contribution in [3.63, 3.8) is 0 Å². The number of rotatable bonds is 1. The molecule has 0 spiro atoms. The van der Waals surface area contributed by atoms with Gasteiger partial charge in [0.1, 0.15) is 0 Å². The molecule has 1 aliphatic rings. The molecule has 0 nitrogen and oxygen atoms in total. The molecule has 0 radical (unpaired) electrons. The van der Waals surface area contributed by atoms with Crippen LogP contribution in [0.4, 0.5) is 0 Å². The Morgan fingerprint density at radius 3 is 2.77 bits per heavy atom. The molecule has 0 unspecified atom stereocenters. The molecule has 13 heavy (non-hydrogen) atoms. The predicted octanol–water partition coefficient (Wildman–Crippen LogP) is 2.88. The highest BCUT2D eigenvalue weighted by atomic mass is 32.1. The highest BCUT2D eigenvalue weighted by Crippen LogP contribution is 2.27. The number of thiol groups is 1. The average Bonchev–Trinajstić information content (AvgIpc) is 2.99. The van der Waals surface area contributed by atoms with E-state index in [4.69, 9.17) is 0 Å². The lowest BCUT2D eigenvalue weighted by Crippen LogP contribution is -1.84. The Kier molecular flexibility index (Phi) is 2.61. The standard InChI is InChI=1S/C12H12S/c13-9-12-4-2-1-3-11(12)8-7-10-5-6-10/h1-4,10,13H,5-6,9H2. The molecule has 2 rings (SSSR count). The van der Waals surface area contributed by atoms with Gasteiger partial charge in [-0.05, 0) is 24.5 Å². The van der Waals surface area contributed by atoms with Crippen molar-refractivity contribution in [2.24, 2.45) is 5.92 Å². The molecule has 0 amide bonds. The van der Waals surface area contributed by atoms with E-state index in [1.54, 1.807) is 0 Å². The van der Waals surface area contributed by atoms with Crippen LogP contribution in [-0.2, 0) is 5.75 Å². The molecule has 1 fully saturated rings. The van der Waals surface area contributed by atoms with Crippen LogP contribution >= 0.6 is 12.6 Å². The fraction of sp³-hybridized carbons (Fsp3) is 0.333. The summed E-state index contributed by atoms with van der Waals surface area (Å²) in [5.41, 5.74) is 2.38. The molecule has 1 saturated carbocycles. The van der Waals surface area contributed by atoms with E-state index in [1.165, 1.54) is 18.4 Å². The van der Waals surface area contributed by atoms with Crippen LogP contribution in [0, 0.1) is 17.8 Å². The summed E-state index contributed by atoms with van der Waals surface area (Å²) < 4.78 is 0. The second-order valence-electron chi connectivity index (χ2n) is 3.36. The lowest BCUT2D eigenvalue weighted by atomic mass is 10.1. The number of benzene rings is 1. The van der Waals surface area contributed by atoms with Crippen molar-refractivity contribution in [2.75, 3.05) is 0 Å². The number of hydrogen-bond donors (Lipinski definition) is 1. The van der Waals surface area contributed by atoms with Gasteiger partial charge in [0.05, 0.1) is 0 Å². The van der Waals surface area contributed by atoms with Crippen molar-refractivity contribution in [1.82, 2.24) is 0 Å². The first-order valence-electron chi connectivity index (χ1n) is 4.60. The summed E-state index contributed by atoms with van der Waals surface area (Å²) in [7, 11) is 0. The molecule has 0 N–H and O–H groups in total. The maximum absolute atomic E-state index is 4.27. The summed E-state index contributed by atoms with van der Waals surface area (Å²) in [5, 5.41) is 0. The van der Waals surface area contributed by atoms with E-state index in [0.29, 0.717) is 5.92 Å². The van der Waals surface area contributed by atoms with E-state index in [-0.39, 0.29) is 0 Å². The fourth-order valence-corrected chi connectivity index (χ4v) is 1.46. The molecule has 0 aliphatic heterocycles. The zero-order valence-electron chi connectivity index (χ0n) is 7.46. The van der Waals surface area contributed by atoms with Crippen molar-refractivity contribution in [2.45, 2.75) is 18.6 Å². The van der Waals surface area contributed by atoms with Crippen molar-refractivity contribution in [3.05, 3.63) is 35.4 Å². The monoisotopic (exact) mass is 188 g/mol. The van der Waals surface area contributed by atoms with E-state index in [9.17, 15) is 0 Å². The molecule has 0 bridgehead atoms. The predicted molar refractivity (Wildman–Crippen MR) is 58.7 cm³/mol. The quantitative estimate of drug-likeness (QED) is 0.508. The average molecular weight is 188 g/mol. The summed E-state index contributed by atoms with van der Waals surface area (Å²) in [6.45, 7) is 0. The Morgan fingerprint density at radius 1 is 1.31 bits per heavy atom. The Balaban J connectivity index is 2.23. The van der Waals surface area contributed by atoms with Gasteiger partial charge in [0.15, 0.2) is 0 Å². The van der Waals surface area contributed by atoms with Crippen LogP contribution in [0.1, 0.15) is 24.0 Å². The van der Waals surface area contributed by atoms with Crippen LogP contribution in [0.2, 0.25) is 0 Å². The molecule has 1 aromatic rings. The maximum Gasteiger partial charge on any atom is 0.0285 e. The third kappa shape index (κ3) is 2.29. The third-order valence-corrected chi connectivity index (χ3v) is 2.52. The van der Waals surface area contributed by atoms with Crippen LogP contribution in [0.5, 0.6) is 0 Å². The summed E-state index contributed by atoms with van der Waals surface area (Å²) in [5.74, 6) is 7.94. The van der Waals surface area contributed by atoms with E-state index in [0.717, 1.165) is 11.3 Å². The van der Waals surface area contributed by atoms with Crippen LogP contribution < -0.4 is 0 Å². The zero-order chi connectivity index (χ0) is 9.10. The van der Waals surface area contributed by atoms with Crippen molar-refractivity contribution in [1.29, 1.82) is 0 Å². The smallest absolute Gasteiger partial charge is 0.0285 e. The van der Waals surface area contributed by atoms with Crippen molar-refractivity contribution < 1.29 is 0 Å². The van der Waals surface area contributed by atoms with Gasteiger partial charge in [-0.25, -0.2) is 0 Å². The molecule has 66 valence electrons. The minimum atomic E-state index is 0.674. The Bertz CT molecular complexity index is 353. The van der Waals surface area contributed by atoms with Crippen LogP contribution in [0.15, 0.2) is 24.3 Å². The molecule has 0 atom stereocenters. The topological polar surface area (TPSA) is 0 Å². The molecule has 1 heteroatoms. The zero-order valence-corrected chi connectivity index (χ0v) is 8.35. The van der Waals surface area contributed by atoms with Crippen LogP contribution in [-0.4, -0.2) is 0 Å². The lowest BCUT2D eigenvalue weighted by molar-refractivity contribution is 1.18. The second-order valence-corrected chi connectivity index (χ2v) is 3.68. The van der Waals surface area contributed by atoms with Gasteiger partial charge in [0.2, 0.25) is 0 Å². The van der Waals surface area contributed by atoms with Gasteiger partial charge in [-0.2, -0.15) is 12.6 Å². The first kappa shape index (κ1) is 8.72. The van der Waals surface area contributed by atoms with E-state index in [1.807, 2.05) is 12.1 Å². The van der Waals surface area contributed by atoms with Gasteiger partial charge >= 0.3 is 0 Å². The summed E-state index contributed by atoms with van der Waals surface area (Å²) in [6, 6.07) is 8.22. The van der Waals surface area contributed by atoms with E-state index in [2.05, 4.69) is 36.6 Å². The highest BCUT2D eigenvalue weighted by Gasteiger charge is 2.17. The van der Waals surface area contributed by atoms with Crippen molar-refractivity contribution >= 4 is 12.6 Å². The third-order valence-electron chi connectivity index (χ3n) is 2.18. The first-order valence-corrected chi connectivity index (χ1v) is 5.23. The van der Waals surface area contributed by atoms with Gasteiger partial charge in [0, 0.05) is 17.2 Å². The molecule has 1 aliphatic carbocycles. The normalized spacial score (nSPS) is 14.8. The summed E-state index contributed by atoms with van der Waals surface area (Å²) in [4.78, 5) is 0. The van der Waals surface area contributed by atoms with Crippen LogP contribution in [0.25, 0.3) is 0 Å². The fourth-order valence-electron chi connectivity index (χ4n) is 1.19. The molecular weight excluding hydrogens is 176 g/mol. The van der Waals surface area contributed by atoms with Gasteiger partial charge in [-0.15, -0.1) is 0 Å². The molecule has 0 saturated heterocycles. The first-order chi connectivity index (χ1) is 6.40. The lowest BCUT2D eigenvalue weighted by Gasteiger charge is -1.98. The van der Waals surface area contributed by atoms with Gasteiger partial charge in [-0.1, -0.05) is 30.0 Å². The molecular formula is C12H12S. The largest absolute Gasteiger partial charge is 0.175 e. The number of hydrogen-bond acceptors (Lipinski definition) is 1. The van der Waals surface area contributed by atoms with E-state index >= 15 is 0 Å². The van der Waals surface area contributed by atoms with Crippen LogP contribution in [0.3, 0.4) is 0 Å². The van der Waals surface area contributed by atoms with Crippen molar-refractivity contribution in [3.8, 4) is 11.8 Å². The van der Waals surface area contributed by atoms with E-state index < -0.39 is 0 Å². The Morgan fingerprint density at radius 2 is 2.08 bits per heavy atom. The maximum atomic E-state index is 4.27. The second kappa shape index (κ2) is 3.89. The Labute approximate surface area is 84.8 Å². The molecule has 1 aromatic carbocycles. The molecule has 0 aromatic heterocycles. The summed E-state index contributed by atoms with van der Waals surface area (Å²) >= 11 is 4.27. The highest BCUT2D eigenvalue weighted by molar-refractivity contribution is 7.79. The SMILES string of the molecule is SCc1ccccc1C#CC1CC1.